The first-order chi connectivity index (χ1) is 15.7. The molecule has 0 aliphatic carbocycles. The monoisotopic (exact) mass is 420 g/mol. The minimum absolute atomic E-state index is 0.176. The zero-order valence-electron chi connectivity index (χ0n) is 17.5. The Balaban J connectivity index is 1.75. The summed E-state index contributed by atoms with van der Waals surface area (Å²) in [4.78, 5) is 30.8. The molecule has 5 aromatic rings. The molecule has 0 saturated heterocycles. The first kappa shape index (κ1) is 19.7. The maximum Gasteiger partial charge on any atom is 0.340 e. The predicted molar refractivity (Wildman–Crippen MR) is 124 cm³/mol. The number of carbonyl (C=O) groups is 2. The molecule has 32 heavy (non-hydrogen) atoms. The number of hydrogen-bond acceptors (Lipinski definition) is 4. The molecule has 2 aromatic carbocycles. The molecule has 0 atom stereocenters. The Morgan fingerprint density at radius 1 is 0.875 bits per heavy atom. The van der Waals surface area contributed by atoms with E-state index in [0.717, 1.165) is 16.5 Å². The molecular weight excluding hydrogens is 400 g/mol. The molecule has 0 amide bonds. The normalized spacial score (nSPS) is 11.0. The number of pyridine rings is 2. The minimum atomic E-state index is -0.458. The van der Waals surface area contributed by atoms with Gasteiger partial charge in [-0.2, -0.15) is 0 Å². The molecule has 0 N–H and O–H groups in total. The number of hydrogen-bond donors (Lipinski definition) is 0. The molecule has 0 saturated carbocycles. The molecule has 0 bridgehead atoms. The molecule has 3 heterocycles. The van der Waals surface area contributed by atoms with Gasteiger partial charge in [0.2, 0.25) is 5.78 Å². The van der Waals surface area contributed by atoms with Crippen LogP contribution in [-0.4, -0.2) is 27.7 Å². The molecule has 0 spiro atoms. The van der Waals surface area contributed by atoms with Crippen LogP contribution in [0.4, 0.5) is 0 Å². The summed E-state index contributed by atoms with van der Waals surface area (Å²) in [6.45, 7) is 2.01. The van der Waals surface area contributed by atoms with Crippen molar-refractivity contribution in [3.8, 4) is 11.4 Å². The standard InChI is InChI=1S/C27H20N2O3/c1-2-32-27(31)21-17-25(26(30)20-14-13-18-8-3-4-9-19(18)16-20)29-23(21)11-7-12-24(29)22-10-5-6-15-28-22/h3-17H,2H2,1H3. The van der Waals surface area contributed by atoms with E-state index < -0.39 is 5.97 Å². The van der Waals surface area contributed by atoms with Crippen molar-refractivity contribution in [2.45, 2.75) is 6.92 Å². The highest BCUT2D eigenvalue weighted by atomic mass is 16.5. The van der Waals surface area contributed by atoms with Crippen LogP contribution in [0.15, 0.2) is 91.1 Å². The van der Waals surface area contributed by atoms with Gasteiger partial charge in [-0.15, -0.1) is 0 Å². The SMILES string of the molecule is CCOC(=O)c1cc(C(=O)c2ccc3ccccc3c2)n2c(-c3ccccn3)cccc12. The maximum atomic E-state index is 13.7. The number of aromatic nitrogens is 2. The largest absolute Gasteiger partial charge is 0.462 e. The van der Waals surface area contributed by atoms with Crippen molar-refractivity contribution in [3.63, 3.8) is 0 Å². The lowest BCUT2D eigenvalue weighted by Gasteiger charge is -2.10. The maximum absolute atomic E-state index is 13.7. The Kier molecular flexibility index (Phi) is 5.00. The van der Waals surface area contributed by atoms with Crippen LogP contribution < -0.4 is 0 Å². The number of nitrogens with zero attached hydrogens (tertiary/aromatic N) is 2. The zero-order chi connectivity index (χ0) is 22.1. The van der Waals surface area contributed by atoms with Crippen LogP contribution in [0.2, 0.25) is 0 Å². The van der Waals surface area contributed by atoms with Gasteiger partial charge in [0.15, 0.2) is 0 Å². The number of carbonyl (C=O) groups excluding carboxylic acids is 2. The van der Waals surface area contributed by atoms with Gasteiger partial charge < -0.3 is 9.14 Å². The van der Waals surface area contributed by atoms with E-state index in [9.17, 15) is 9.59 Å². The fourth-order valence-electron chi connectivity index (χ4n) is 3.99. The molecule has 0 aliphatic rings. The van der Waals surface area contributed by atoms with Crippen molar-refractivity contribution < 1.29 is 14.3 Å². The molecular formula is C27H20N2O3. The highest BCUT2D eigenvalue weighted by molar-refractivity contribution is 6.13. The molecule has 3 aromatic heterocycles. The molecule has 5 nitrogen and oxygen atoms in total. The molecule has 156 valence electrons. The van der Waals surface area contributed by atoms with Gasteiger partial charge in [-0.25, -0.2) is 4.79 Å². The summed E-state index contributed by atoms with van der Waals surface area (Å²) in [6, 6.07) is 26.3. The first-order valence-electron chi connectivity index (χ1n) is 10.4. The van der Waals surface area contributed by atoms with Gasteiger partial charge >= 0.3 is 5.97 Å². The van der Waals surface area contributed by atoms with E-state index in [1.807, 2.05) is 78.9 Å². The summed E-state index contributed by atoms with van der Waals surface area (Å²) in [5, 5.41) is 2.04. The third-order valence-corrected chi connectivity index (χ3v) is 5.45. The van der Waals surface area contributed by atoms with Crippen LogP contribution in [0.1, 0.15) is 33.3 Å². The average Bonchev–Trinajstić information content (AvgIpc) is 3.24. The predicted octanol–water partition coefficient (Wildman–Crippen LogP) is 5.56. The molecule has 5 heteroatoms. The van der Waals surface area contributed by atoms with Crippen molar-refractivity contribution in [1.29, 1.82) is 0 Å². The van der Waals surface area contributed by atoms with E-state index >= 15 is 0 Å². The van der Waals surface area contributed by atoms with Crippen LogP contribution in [0.3, 0.4) is 0 Å². The Bertz CT molecular complexity index is 1470. The summed E-state index contributed by atoms with van der Waals surface area (Å²) in [5.74, 6) is -0.634. The summed E-state index contributed by atoms with van der Waals surface area (Å²) < 4.78 is 7.06. The van der Waals surface area contributed by atoms with Crippen molar-refractivity contribution in [3.05, 3.63) is 108 Å². The van der Waals surface area contributed by atoms with Crippen molar-refractivity contribution in [2.24, 2.45) is 0 Å². The van der Waals surface area contributed by atoms with Crippen LogP contribution in [0, 0.1) is 0 Å². The third-order valence-electron chi connectivity index (χ3n) is 5.45. The van der Waals surface area contributed by atoms with E-state index in [1.54, 1.807) is 23.6 Å². The van der Waals surface area contributed by atoms with Gasteiger partial charge in [0.1, 0.15) is 0 Å². The second-order valence-electron chi connectivity index (χ2n) is 7.40. The van der Waals surface area contributed by atoms with Crippen LogP contribution in [-0.2, 0) is 4.74 Å². The number of ketones is 1. The third kappa shape index (κ3) is 3.34. The fourth-order valence-corrected chi connectivity index (χ4v) is 3.99. The summed E-state index contributed by atoms with van der Waals surface area (Å²) in [5.41, 5.74) is 3.33. The van der Waals surface area contributed by atoms with Crippen molar-refractivity contribution in [1.82, 2.24) is 9.38 Å². The van der Waals surface area contributed by atoms with Crippen molar-refractivity contribution in [2.75, 3.05) is 6.61 Å². The highest BCUT2D eigenvalue weighted by Crippen LogP contribution is 2.28. The number of benzene rings is 2. The molecule has 0 aliphatic heterocycles. The lowest BCUT2D eigenvalue weighted by molar-refractivity contribution is 0.0529. The number of ether oxygens (including phenoxy) is 1. The van der Waals surface area contributed by atoms with Crippen LogP contribution in [0.25, 0.3) is 27.7 Å². The van der Waals surface area contributed by atoms with E-state index in [2.05, 4.69) is 4.98 Å². The molecule has 0 unspecified atom stereocenters. The average molecular weight is 420 g/mol. The Morgan fingerprint density at radius 2 is 1.69 bits per heavy atom. The molecule has 5 rings (SSSR count). The van der Waals surface area contributed by atoms with Crippen LogP contribution in [0.5, 0.6) is 0 Å². The van der Waals surface area contributed by atoms with Gasteiger partial charge in [0, 0.05) is 11.8 Å². The molecule has 0 fully saturated rings. The van der Waals surface area contributed by atoms with Gasteiger partial charge in [0.05, 0.1) is 34.8 Å². The lowest BCUT2D eigenvalue weighted by Crippen LogP contribution is -2.07. The molecule has 0 radical (unpaired) electrons. The van der Waals surface area contributed by atoms with Gasteiger partial charge in [0.25, 0.3) is 0 Å². The fraction of sp³-hybridized carbons (Fsp3) is 0.0741. The highest BCUT2D eigenvalue weighted by Gasteiger charge is 2.23. The van der Waals surface area contributed by atoms with Gasteiger partial charge in [-0.1, -0.05) is 48.5 Å². The minimum Gasteiger partial charge on any atom is -0.462 e. The number of rotatable bonds is 5. The van der Waals surface area contributed by atoms with E-state index in [-0.39, 0.29) is 12.4 Å². The van der Waals surface area contributed by atoms with Gasteiger partial charge in [-0.05, 0) is 54.1 Å². The van der Waals surface area contributed by atoms with Crippen molar-refractivity contribution >= 4 is 28.0 Å². The number of esters is 1. The Morgan fingerprint density at radius 3 is 2.47 bits per heavy atom. The summed E-state index contributed by atoms with van der Waals surface area (Å²) in [6.07, 6.45) is 1.70. The first-order valence-corrected chi connectivity index (χ1v) is 10.4. The second-order valence-corrected chi connectivity index (χ2v) is 7.40. The summed E-state index contributed by atoms with van der Waals surface area (Å²) >= 11 is 0. The van der Waals surface area contributed by atoms with E-state index in [0.29, 0.717) is 28.0 Å². The number of fused-ring (bicyclic) bond motifs is 2. The van der Waals surface area contributed by atoms with E-state index in [4.69, 9.17) is 4.74 Å². The lowest BCUT2D eigenvalue weighted by atomic mass is 10.0. The smallest absolute Gasteiger partial charge is 0.340 e. The second kappa shape index (κ2) is 8.12. The van der Waals surface area contributed by atoms with E-state index in [1.165, 1.54) is 0 Å². The topological polar surface area (TPSA) is 60.7 Å². The Hall–Kier alpha value is -4.25. The Labute approximate surface area is 184 Å². The zero-order valence-corrected chi connectivity index (χ0v) is 17.5. The van der Waals surface area contributed by atoms with Crippen LogP contribution >= 0.6 is 0 Å². The van der Waals surface area contributed by atoms with Gasteiger partial charge in [-0.3, -0.25) is 9.78 Å². The summed E-state index contributed by atoms with van der Waals surface area (Å²) in [7, 11) is 0. The quantitative estimate of drug-likeness (QED) is 0.276.